The summed E-state index contributed by atoms with van der Waals surface area (Å²) in [5, 5.41) is 7.14. The Bertz CT molecular complexity index is 130. The van der Waals surface area contributed by atoms with E-state index in [0.717, 1.165) is 5.92 Å². The number of rotatable bonds is 6. The van der Waals surface area contributed by atoms with Crippen LogP contribution >= 0.6 is 11.8 Å². The zero-order valence-electron chi connectivity index (χ0n) is 9.51. The molecule has 3 heteroatoms. The summed E-state index contributed by atoms with van der Waals surface area (Å²) in [6.07, 6.45) is 6.19. The van der Waals surface area contributed by atoms with Crippen molar-refractivity contribution in [3.8, 4) is 0 Å². The Hall–Kier alpha value is 0.270. The van der Waals surface area contributed by atoms with Crippen molar-refractivity contribution in [3.05, 3.63) is 0 Å². The Morgan fingerprint density at radius 3 is 3.00 bits per heavy atom. The Balaban J connectivity index is 2.10. The van der Waals surface area contributed by atoms with E-state index in [9.17, 15) is 0 Å². The molecule has 0 aromatic carbocycles. The van der Waals surface area contributed by atoms with Gasteiger partial charge in [-0.25, -0.2) is 0 Å². The van der Waals surface area contributed by atoms with E-state index in [1.165, 1.54) is 44.6 Å². The monoisotopic (exact) mass is 216 g/mol. The van der Waals surface area contributed by atoms with Crippen molar-refractivity contribution in [2.24, 2.45) is 5.92 Å². The molecule has 1 fully saturated rings. The first-order chi connectivity index (χ1) is 6.86. The summed E-state index contributed by atoms with van der Waals surface area (Å²) in [6.45, 7) is 5.90. The molecule has 0 saturated carbocycles. The zero-order valence-corrected chi connectivity index (χ0v) is 10.3. The van der Waals surface area contributed by atoms with Crippen molar-refractivity contribution in [3.63, 3.8) is 0 Å². The second-order valence-corrected chi connectivity index (χ2v) is 5.09. The molecule has 1 heterocycles. The van der Waals surface area contributed by atoms with Crippen LogP contribution in [0.4, 0.5) is 0 Å². The van der Waals surface area contributed by atoms with Gasteiger partial charge >= 0.3 is 0 Å². The maximum absolute atomic E-state index is 3.68. The van der Waals surface area contributed by atoms with Crippen LogP contribution in [0.25, 0.3) is 0 Å². The van der Waals surface area contributed by atoms with Crippen LogP contribution in [0, 0.1) is 5.92 Å². The van der Waals surface area contributed by atoms with Gasteiger partial charge in [0, 0.05) is 11.8 Å². The lowest BCUT2D eigenvalue weighted by Crippen LogP contribution is -2.40. The van der Waals surface area contributed by atoms with E-state index in [2.05, 4.69) is 23.8 Å². The second-order valence-electron chi connectivity index (χ2n) is 4.18. The molecular weight excluding hydrogens is 192 g/mol. The fourth-order valence-electron chi connectivity index (χ4n) is 1.95. The van der Waals surface area contributed by atoms with Crippen LogP contribution in [0.3, 0.4) is 0 Å². The topological polar surface area (TPSA) is 24.1 Å². The molecule has 0 radical (unpaired) electrons. The highest BCUT2D eigenvalue weighted by atomic mass is 32.2. The van der Waals surface area contributed by atoms with Crippen molar-refractivity contribution < 1.29 is 0 Å². The van der Waals surface area contributed by atoms with E-state index in [-0.39, 0.29) is 0 Å². The van der Waals surface area contributed by atoms with Crippen LogP contribution in [0.15, 0.2) is 0 Å². The molecule has 1 saturated heterocycles. The quantitative estimate of drug-likeness (QED) is 0.707. The molecule has 84 valence electrons. The van der Waals surface area contributed by atoms with Crippen LogP contribution in [0.5, 0.6) is 0 Å². The summed E-state index contributed by atoms with van der Waals surface area (Å²) in [5.41, 5.74) is 0. The predicted octanol–water partition coefficient (Wildman–Crippen LogP) is 1.72. The minimum atomic E-state index is 0.715. The van der Waals surface area contributed by atoms with Gasteiger partial charge in [0.25, 0.3) is 0 Å². The van der Waals surface area contributed by atoms with Crippen molar-refractivity contribution >= 4 is 11.8 Å². The van der Waals surface area contributed by atoms with Crippen LogP contribution < -0.4 is 10.6 Å². The third-order valence-electron chi connectivity index (χ3n) is 2.95. The number of thioether (sulfide) groups is 1. The molecule has 2 N–H and O–H groups in total. The van der Waals surface area contributed by atoms with E-state index in [1.54, 1.807) is 0 Å². The highest BCUT2D eigenvalue weighted by Gasteiger charge is 2.14. The average molecular weight is 216 g/mol. The molecule has 14 heavy (non-hydrogen) atoms. The SMILES string of the molecule is CCC(CSC)NCC1CCCNC1. The van der Waals surface area contributed by atoms with Gasteiger partial charge in [0.15, 0.2) is 0 Å². The minimum Gasteiger partial charge on any atom is -0.316 e. The molecule has 1 aliphatic rings. The molecule has 1 aliphatic heterocycles. The van der Waals surface area contributed by atoms with E-state index >= 15 is 0 Å². The Kier molecular flexibility index (Phi) is 6.65. The number of hydrogen-bond acceptors (Lipinski definition) is 3. The third-order valence-corrected chi connectivity index (χ3v) is 3.69. The van der Waals surface area contributed by atoms with Crippen molar-refractivity contribution in [2.75, 3.05) is 31.6 Å². The molecule has 0 spiro atoms. The van der Waals surface area contributed by atoms with E-state index in [4.69, 9.17) is 0 Å². The summed E-state index contributed by atoms with van der Waals surface area (Å²) >= 11 is 1.94. The second kappa shape index (κ2) is 7.55. The van der Waals surface area contributed by atoms with Gasteiger partial charge in [-0.15, -0.1) is 0 Å². The first kappa shape index (κ1) is 12.3. The maximum atomic E-state index is 3.68. The molecule has 0 aromatic heterocycles. The Morgan fingerprint density at radius 1 is 1.57 bits per heavy atom. The maximum Gasteiger partial charge on any atom is 0.0155 e. The molecule has 2 nitrogen and oxygen atoms in total. The summed E-state index contributed by atoms with van der Waals surface area (Å²) in [5.74, 6) is 2.11. The smallest absolute Gasteiger partial charge is 0.0155 e. The lowest BCUT2D eigenvalue weighted by molar-refractivity contribution is 0.346. The van der Waals surface area contributed by atoms with Gasteiger partial charge in [-0.3, -0.25) is 0 Å². The Morgan fingerprint density at radius 2 is 2.43 bits per heavy atom. The first-order valence-corrected chi connectivity index (χ1v) is 7.19. The van der Waals surface area contributed by atoms with Gasteiger partial charge in [0.05, 0.1) is 0 Å². The van der Waals surface area contributed by atoms with E-state index in [0.29, 0.717) is 6.04 Å². The summed E-state index contributed by atoms with van der Waals surface area (Å²) in [7, 11) is 0. The third kappa shape index (κ3) is 4.67. The number of piperidine rings is 1. The largest absolute Gasteiger partial charge is 0.316 e. The van der Waals surface area contributed by atoms with E-state index in [1.807, 2.05) is 11.8 Å². The molecular formula is C11H24N2S. The van der Waals surface area contributed by atoms with Crippen molar-refractivity contribution in [2.45, 2.75) is 32.2 Å². The van der Waals surface area contributed by atoms with E-state index < -0.39 is 0 Å². The van der Waals surface area contributed by atoms with Gasteiger partial charge in [-0.1, -0.05) is 6.92 Å². The molecule has 2 atom stereocenters. The molecule has 0 aromatic rings. The van der Waals surface area contributed by atoms with Gasteiger partial charge in [0.1, 0.15) is 0 Å². The fourth-order valence-corrected chi connectivity index (χ4v) is 2.71. The number of nitrogens with one attached hydrogen (secondary N) is 2. The van der Waals surface area contributed by atoms with Gasteiger partial charge < -0.3 is 10.6 Å². The standard InChI is InChI=1S/C11H24N2S/c1-3-11(9-14-2)13-8-10-5-4-6-12-7-10/h10-13H,3-9H2,1-2H3. The summed E-state index contributed by atoms with van der Waals surface area (Å²) in [6, 6.07) is 0.715. The van der Waals surface area contributed by atoms with Crippen molar-refractivity contribution in [1.82, 2.24) is 10.6 Å². The normalized spacial score (nSPS) is 24.9. The van der Waals surface area contributed by atoms with Gasteiger partial charge in [-0.2, -0.15) is 11.8 Å². The van der Waals surface area contributed by atoms with Crippen LogP contribution in [0.1, 0.15) is 26.2 Å². The Labute approximate surface area is 92.6 Å². The average Bonchev–Trinajstić information content (AvgIpc) is 2.25. The summed E-state index contributed by atoms with van der Waals surface area (Å²) < 4.78 is 0. The fraction of sp³-hybridized carbons (Fsp3) is 1.00. The van der Waals surface area contributed by atoms with Crippen LogP contribution in [-0.4, -0.2) is 37.7 Å². The highest BCUT2D eigenvalue weighted by Crippen LogP contribution is 2.09. The predicted molar refractivity (Wildman–Crippen MR) is 66.1 cm³/mol. The van der Waals surface area contributed by atoms with Gasteiger partial charge in [-0.05, 0) is 51.1 Å². The summed E-state index contributed by atoms with van der Waals surface area (Å²) in [4.78, 5) is 0. The van der Waals surface area contributed by atoms with Crippen LogP contribution in [0.2, 0.25) is 0 Å². The lowest BCUT2D eigenvalue weighted by Gasteiger charge is -2.25. The molecule has 0 amide bonds. The minimum absolute atomic E-state index is 0.715. The van der Waals surface area contributed by atoms with Gasteiger partial charge in [0.2, 0.25) is 0 Å². The zero-order chi connectivity index (χ0) is 10.2. The van der Waals surface area contributed by atoms with Crippen molar-refractivity contribution in [1.29, 1.82) is 0 Å². The number of hydrogen-bond donors (Lipinski definition) is 2. The highest BCUT2D eigenvalue weighted by molar-refractivity contribution is 7.98. The molecule has 0 bridgehead atoms. The molecule has 1 rings (SSSR count). The molecule has 2 unspecified atom stereocenters. The first-order valence-electron chi connectivity index (χ1n) is 5.79. The molecule has 0 aliphatic carbocycles. The lowest BCUT2D eigenvalue weighted by atomic mass is 9.99. The van der Waals surface area contributed by atoms with Crippen LogP contribution in [-0.2, 0) is 0 Å².